The second kappa shape index (κ2) is 9.35. The van der Waals surface area contributed by atoms with Gasteiger partial charge in [0.25, 0.3) is 0 Å². The molecule has 7 nitrogen and oxygen atoms in total. The van der Waals surface area contributed by atoms with Crippen molar-refractivity contribution in [1.29, 1.82) is 0 Å². The fourth-order valence-electron chi connectivity index (χ4n) is 7.23. The molecular formula is C26H36N4O3. The van der Waals surface area contributed by atoms with Crippen molar-refractivity contribution in [1.82, 2.24) is 15.5 Å². The number of benzene rings is 1. The van der Waals surface area contributed by atoms with Crippen LogP contribution in [0.15, 0.2) is 24.3 Å². The molecule has 5 aliphatic rings. The van der Waals surface area contributed by atoms with Crippen LogP contribution in [-0.2, 0) is 16.1 Å². The van der Waals surface area contributed by atoms with Crippen molar-refractivity contribution in [2.45, 2.75) is 64.3 Å². The molecule has 0 aromatic heterocycles. The van der Waals surface area contributed by atoms with Crippen LogP contribution in [0.2, 0.25) is 0 Å². The van der Waals surface area contributed by atoms with Gasteiger partial charge in [0.2, 0.25) is 11.8 Å². The van der Waals surface area contributed by atoms with Crippen molar-refractivity contribution in [3.05, 3.63) is 29.8 Å². The number of likely N-dealkylation sites (tertiary alicyclic amines) is 1. The molecule has 4 aliphatic carbocycles. The highest BCUT2D eigenvalue weighted by Crippen LogP contribution is 2.61. The lowest BCUT2D eigenvalue weighted by Crippen LogP contribution is -2.48. The van der Waals surface area contributed by atoms with Crippen molar-refractivity contribution in [2.24, 2.45) is 23.2 Å². The molecule has 4 bridgehead atoms. The van der Waals surface area contributed by atoms with Gasteiger partial charge in [-0.15, -0.1) is 0 Å². The molecule has 0 radical (unpaired) electrons. The highest BCUT2D eigenvalue weighted by atomic mass is 16.2. The lowest BCUT2D eigenvalue weighted by molar-refractivity contribution is -0.131. The molecule has 1 heterocycles. The van der Waals surface area contributed by atoms with E-state index in [2.05, 4.69) is 16.0 Å². The lowest BCUT2D eigenvalue weighted by Gasteiger charge is -2.56. The number of urea groups is 1. The molecule has 1 aliphatic heterocycles. The molecule has 1 aromatic rings. The minimum absolute atomic E-state index is 0.0105. The standard InChI is InChI=1S/C26H36N4O3/c31-23(15-26-12-19-8-20(13-26)10-21(9-19)14-26)28-17-24(32)27-16-18-4-3-5-22(11-18)29-25(33)30-6-1-2-7-30/h3-5,11,19-21H,1-2,6-10,12-17H2,(H,27,32)(H,28,31)(H,29,33). The van der Waals surface area contributed by atoms with Crippen molar-refractivity contribution < 1.29 is 14.4 Å². The molecule has 5 fully saturated rings. The monoisotopic (exact) mass is 452 g/mol. The zero-order valence-corrected chi connectivity index (χ0v) is 19.4. The number of rotatable bonds is 7. The zero-order chi connectivity index (χ0) is 22.8. The van der Waals surface area contributed by atoms with Crippen molar-refractivity contribution >= 4 is 23.5 Å². The summed E-state index contributed by atoms with van der Waals surface area (Å²) in [6.45, 7) is 1.97. The van der Waals surface area contributed by atoms with E-state index in [1.807, 2.05) is 29.2 Å². The molecule has 7 heteroatoms. The first kappa shape index (κ1) is 22.2. The maximum atomic E-state index is 12.6. The Balaban J connectivity index is 1.05. The van der Waals surface area contributed by atoms with E-state index in [0.29, 0.717) is 13.0 Å². The molecular weight excluding hydrogens is 416 g/mol. The summed E-state index contributed by atoms with van der Waals surface area (Å²) in [7, 11) is 0. The molecule has 1 saturated heterocycles. The largest absolute Gasteiger partial charge is 0.350 e. The minimum Gasteiger partial charge on any atom is -0.350 e. The Morgan fingerprint density at radius 3 is 2.24 bits per heavy atom. The Hall–Kier alpha value is -2.57. The summed E-state index contributed by atoms with van der Waals surface area (Å²) in [6.07, 6.45) is 10.4. The SMILES string of the molecule is O=C(CNC(=O)CC12CC3CC(CC(C3)C1)C2)NCc1cccc(NC(=O)N2CCCC2)c1. The fourth-order valence-corrected chi connectivity index (χ4v) is 7.23. The van der Waals surface area contributed by atoms with E-state index in [1.54, 1.807) is 0 Å². The third-order valence-corrected chi connectivity index (χ3v) is 8.21. The van der Waals surface area contributed by atoms with E-state index in [4.69, 9.17) is 0 Å². The third kappa shape index (κ3) is 5.33. The van der Waals surface area contributed by atoms with Crippen molar-refractivity contribution in [3.63, 3.8) is 0 Å². The number of carbonyl (C=O) groups is 3. The van der Waals surface area contributed by atoms with Gasteiger partial charge in [0.1, 0.15) is 0 Å². The van der Waals surface area contributed by atoms with Gasteiger partial charge in [-0.05, 0) is 92.2 Å². The van der Waals surface area contributed by atoms with E-state index in [0.717, 1.165) is 54.9 Å². The Labute approximate surface area is 196 Å². The highest BCUT2D eigenvalue weighted by Gasteiger charge is 2.51. The maximum absolute atomic E-state index is 12.6. The first-order valence-electron chi connectivity index (χ1n) is 12.6. The normalized spacial score (nSPS) is 29.7. The van der Waals surface area contributed by atoms with Crippen LogP contribution in [-0.4, -0.2) is 42.4 Å². The summed E-state index contributed by atoms with van der Waals surface area (Å²) in [5.41, 5.74) is 1.82. The summed E-state index contributed by atoms with van der Waals surface area (Å²) < 4.78 is 0. The molecule has 178 valence electrons. The zero-order valence-electron chi connectivity index (χ0n) is 19.4. The van der Waals surface area contributed by atoms with Crippen molar-refractivity contribution in [3.8, 4) is 0 Å². The number of nitrogens with zero attached hydrogens (tertiary/aromatic N) is 1. The quantitative estimate of drug-likeness (QED) is 0.590. The van der Waals surface area contributed by atoms with Gasteiger partial charge in [0.15, 0.2) is 0 Å². The Bertz CT molecular complexity index is 873. The number of amides is 4. The molecule has 0 spiro atoms. The summed E-state index contributed by atoms with van der Waals surface area (Å²) in [6, 6.07) is 7.44. The van der Waals surface area contributed by atoms with Gasteiger partial charge in [-0.3, -0.25) is 9.59 Å². The van der Waals surface area contributed by atoms with Gasteiger partial charge in [-0.1, -0.05) is 12.1 Å². The van der Waals surface area contributed by atoms with E-state index in [1.165, 1.54) is 38.5 Å². The van der Waals surface area contributed by atoms with Gasteiger partial charge >= 0.3 is 6.03 Å². The average Bonchev–Trinajstić information content (AvgIpc) is 3.30. The molecule has 3 N–H and O–H groups in total. The second-order valence-electron chi connectivity index (χ2n) is 11.0. The van der Waals surface area contributed by atoms with Gasteiger partial charge < -0.3 is 20.9 Å². The Morgan fingerprint density at radius 2 is 1.58 bits per heavy atom. The predicted molar refractivity (Wildman–Crippen MR) is 126 cm³/mol. The van der Waals surface area contributed by atoms with Crippen LogP contribution in [0.5, 0.6) is 0 Å². The Kier molecular flexibility index (Phi) is 6.30. The molecule has 0 atom stereocenters. The summed E-state index contributed by atoms with van der Waals surface area (Å²) in [5.74, 6) is 2.29. The van der Waals surface area contributed by atoms with Crippen LogP contribution in [0.3, 0.4) is 0 Å². The van der Waals surface area contributed by atoms with Gasteiger partial charge in [0, 0.05) is 31.7 Å². The summed E-state index contributed by atoms with van der Waals surface area (Å²) >= 11 is 0. The molecule has 6 rings (SSSR count). The van der Waals surface area contributed by atoms with E-state index in [9.17, 15) is 14.4 Å². The molecule has 4 saturated carbocycles. The van der Waals surface area contributed by atoms with E-state index >= 15 is 0 Å². The number of hydrogen-bond donors (Lipinski definition) is 3. The molecule has 1 aromatic carbocycles. The average molecular weight is 453 g/mol. The second-order valence-corrected chi connectivity index (χ2v) is 11.0. The number of nitrogens with one attached hydrogen (secondary N) is 3. The summed E-state index contributed by atoms with van der Waals surface area (Å²) in [5, 5.41) is 8.65. The molecule has 4 amide bonds. The maximum Gasteiger partial charge on any atom is 0.321 e. The first-order chi connectivity index (χ1) is 16.0. The van der Waals surface area contributed by atoms with Crippen LogP contribution in [0.1, 0.15) is 63.4 Å². The van der Waals surface area contributed by atoms with Gasteiger partial charge in [0.05, 0.1) is 6.54 Å². The van der Waals surface area contributed by atoms with Crippen molar-refractivity contribution in [2.75, 3.05) is 25.0 Å². The first-order valence-corrected chi connectivity index (χ1v) is 12.6. The summed E-state index contributed by atoms with van der Waals surface area (Å²) in [4.78, 5) is 39.0. The van der Waals surface area contributed by atoms with E-state index < -0.39 is 0 Å². The molecule has 0 unspecified atom stereocenters. The van der Waals surface area contributed by atoms with Crippen LogP contribution in [0.25, 0.3) is 0 Å². The van der Waals surface area contributed by atoms with E-state index in [-0.39, 0.29) is 29.8 Å². The van der Waals surface area contributed by atoms with Crippen LogP contribution < -0.4 is 16.0 Å². The van der Waals surface area contributed by atoms with Gasteiger partial charge in [-0.2, -0.15) is 0 Å². The van der Waals surface area contributed by atoms with Crippen LogP contribution in [0.4, 0.5) is 10.5 Å². The fraction of sp³-hybridized carbons (Fsp3) is 0.654. The topological polar surface area (TPSA) is 90.5 Å². The highest BCUT2D eigenvalue weighted by molar-refractivity contribution is 5.89. The predicted octanol–water partition coefficient (Wildman–Crippen LogP) is 3.65. The number of carbonyl (C=O) groups excluding carboxylic acids is 3. The number of hydrogen-bond acceptors (Lipinski definition) is 3. The lowest BCUT2D eigenvalue weighted by atomic mass is 9.49. The van der Waals surface area contributed by atoms with Crippen LogP contribution in [0, 0.1) is 23.2 Å². The Morgan fingerprint density at radius 1 is 0.909 bits per heavy atom. The minimum atomic E-state index is -0.194. The third-order valence-electron chi connectivity index (χ3n) is 8.21. The van der Waals surface area contributed by atoms with Gasteiger partial charge in [-0.25, -0.2) is 4.79 Å². The smallest absolute Gasteiger partial charge is 0.321 e. The van der Waals surface area contributed by atoms with Crippen LogP contribution >= 0.6 is 0 Å². The number of anilines is 1. The molecule has 33 heavy (non-hydrogen) atoms.